The number of thioether (sulfide) groups is 1. The number of aryl methyl sites for hydroxylation is 3. The number of nitrogens with zero attached hydrogens (tertiary/aromatic N) is 4. The van der Waals surface area contributed by atoms with Crippen molar-refractivity contribution in [3.8, 4) is 11.3 Å². The van der Waals surface area contributed by atoms with E-state index in [0.29, 0.717) is 6.54 Å². The number of fused-ring (bicyclic) bond motifs is 1. The van der Waals surface area contributed by atoms with Crippen LogP contribution in [0.2, 0.25) is 0 Å². The number of nitrogens with one attached hydrogen (secondary N) is 1. The number of hydrogen-bond donors (Lipinski definition) is 1. The van der Waals surface area contributed by atoms with Crippen LogP contribution in [0.4, 0.5) is 5.82 Å². The van der Waals surface area contributed by atoms with E-state index in [9.17, 15) is 4.79 Å². The van der Waals surface area contributed by atoms with Crippen LogP contribution in [0.1, 0.15) is 35.2 Å². The number of benzene rings is 2. The Hall–Kier alpha value is -3.32. The van der Waals surface area contributed by atoms with Gasteiger partial charge < -0.3 is 10.2 Å². The molecule has 2 aromatic heterocycles. The Kier molecular flexibility index (Phi) is 7.01. The summed E-state index contributed by atoms with van der Waals surface area (Å²) in [7, 11) is 0. The maximum Gasteiger partial charge on any atom is 0.223 e. The molecule has 186 valence electrons. The second kappa shape index (κ2) is 10.3. The molecule has 0 atom stereocenters. The van der Waals surface area contributed by atoms with Gasteiger partial charge >= 0.3 is 0 Å². The van der Waals surface area contributed by atoms with E-state index >= 15 is 0 Å². The third kappa shape index (κ3) is 5.26. The van der Waals surface area contributed by atoms with Crippen LogP contribution in [0.15, 0.2) is 59.5 Å². The Morgan fingerprint density at radius 1 is 1.00 bits per heavy atom. The first-order valence-corrected chi connectivity index (χ1v) is 13.7. The molecule has 4 aromatic rings. The fourth-order valence-electron chi connectivity index (χ4n) is 5.02. The summed E-state index contributed by atoms with van der Waals surface area (Å²) in [6.45, 7) is 8.46. The number of piperidine rings is 1. The molecule has 7 heteroatoms. The van der Waals surface area contributed by atoms with Crippen molar-refractivity contribution in [3.63, 3.8) is 0 Å². The van der Waals surface area contributed by atoms with E-state index in [4.69, 9.17) is 10.1 Å². The van der Waals surface area contributed by atoms with Gasteiger partial charge in [-0.15, -0.1) is 11.8 Å². The minimum Gasteiger partial charge on any atom is -0.356 e. The van der Waals surface area contributed by atoms with E-state index in [1.807, 2.05) is 11.4 Å². The number of anilines is 1. The van der Waals surface area contributed by atoms with Gasteiger partial charge in [-0.3, -0.25) is 4.79 Å². The van der Waals surface area contributed by atoms with Crippen LogP contribution in [0.5, 0.6) is 0 Å². The van der Waals surface area contributed by atoms with Gasteiger partial charge in [0.05, 0.1) is 5.69 Å². The third-order valence-electron chi connectivity index (χ3n) is 6.87. The summed E-state index contributed by atoms with van der Waals surface area (Å²) in [6.07, 6.45) is 3.72. The molecule has 1 aliphatic heterocycles. The number of hydrogen-bond acceptors (Lipinski definition) is 5. The molecule has 2 aromatic carbocycles. The number of aromatic nitrogens is 3. The molecule has 3 heterocycles. The first kappa shape index (κ1) is 24.4. The fraction of sp³-hybridized carbons (Fsp3) is 0.345. The second-order valence-electron chi connectivity index (χ2n) is 9.76. The molecule has 1 amide bonds. The Labute approximate surface area is 217 Å². The van der Waals surface area contributed by atoms with Gasteiger partial charge in [0.1, 0.15) is 5.82 Å². The molecule has 5 rings (SSSR count). The van der Waals surface area contributed by atoms with Crippen molar-refractivity contribution in [3.05, 3.63) is 77.0 Å². The summed E-state index contributed by atoms with van der Waals surface area (Å²) in [5.74, 6) is 1.23. The van der Waals surface area contributed by atoms with Crippen LogP contribution in [-0.2, 0) is 11.3 Å². The number of rotatable bonds is 6. The predicted molar refractivity (Wildman–Crippen MR) is 148 cm³/mol. The average molecular weight is 500 g/mol. The van der Waals surface area contributed by atoms with Gasteiger partial charge in [-0.05, 0) is 69.7 Å². The molecular formula is C29H33N5OS. The average Bonchev–Trinajstić information content (AvgIpc) is 3.31. The van der Waals surface area contributed by atoms with Crippen LogP contribution < -0.4 is 10.2 Å². The Morgan fingerprint density at radius 2 is 1.69 bits per heavy atom. The number of amides is 1. The van der Waals surface area contributed by atoms with Gasteiger partial charge in [-0.2, -0.15) is 9.61 Å². The standard InChI is InChI=1S/C29H33N5OS/c1-19-13-20(2)15-24(14-19)26-17-27-31-21(3)16-28(34(27)32-26)33-11-9-23(10-12-33)29(35)30-18-22-5-7-25(36-4)8-6-22/h5-8,13-17,23H,9-12,18H2,1-4H3,(H,30,35). The van der Waals surface area contributed by atoms with Gasteiger partial charge in [-0.25, -0.2) is 4.98 Å². The molecule has 1 saturated heterocycles. The Bertz CT molecular complexity index is 1370. The molecule has 1 aliphatic rings. The molecule has 0 radical (unpaired) electrons. The van der Waals surface area contributed by atoms with E-state index in [1.165, 1.54) is 16.0 Å². The minimum atomic E-state index is 0.0357. The molecular weight excluding hydrogens is 466 g/mol. The molecule has 6 nitrogen and oxygen atoms in total. The van der Waals surface area contributed by atoms with Crippen molar-refractivity contribution in [2.45, 2.75) is 45.1 Å². The zero-order valence-electron chi connectivity index (χ0n) is 21.4. The molecule has 0 aliphatic carbocycles. The second-order valence-corrected chi connectivity index (χ2v) is 10.6. The van der Waals surface area contributed by atoms with Crippen molar-refractivity contribution in [2.75, 3.05) is 24.2 Å². The Balaban J connectivity index is 1.27. The first-order valence-electron chi connectivity index (χ1n) is 12.5. The molecule has 0 bridgehead atoms. The van der Waals surface area contributed by atoms with Gasteiger partial charge in [-0.1, -0.05) is 29.3 Å². The SMILES string of the molecule is CSc1ccc(CNC(=O)C2CCN(c3cc(C)nc4cc(-c5cc(C)cc(C)c5)nn34)CC2)cc1. The lowest BCUT2D eigenvalue weighted by Crippen LogP contribution is -2.41. The summed E-state index contributed by atoms with van der Waals surface area (Å²) in [6, 6.07) is 19.1. The maximum absolute atomic E-state index is 12.9. The summed E-state index contributed by atoms with van der Waals surface area (Å²) < 4.78 is 1.96. The van der Waals surface area contributed by atoms with Crippen LogP contribution in [0, 0.1) is 26.7 Å². The lowest BCUT2D eigenvalue weighted by atomic mass is 9.95. The molecule has 36 heavy (non-hydrogen) atoms. The summed E-state index contributed by atoms with van der Waals surface area (Å²) in [4.78, 5) is 21.2. The van der Waals surface area contributed by atoms with E-state index in [2.05, 4.69) is 84.9 Å². The van der Waals surface area contributed by atoms with Crippen molar-refractivity contribution in [2.24, 2.45) is 5.92 Å². The summed E-state index contributed by atoms with van der Waals surface area (Å²) >= 11 is 1.72. The van der Waals surface area contributed by atoms with Crippen LogP contribution in [0.3, 0.4) is 0 Å². The van der Waals surface area contributed by atoms with Gasteiger partial charge in [0.25, 0.3) is 0 Å². The van der Waals surface area contributed by atoms with E-state index < -0.39 is 0 Å². The first-order chi connectivity index (χ1) is 17.4. The van der Waals surface area contributed by atoms with Gasteiger partial charge in [0, 0.05) is 53.8 Å². The number of carbonyl (C=O) groups is 1. The topological polar surface area (TPSA) is 62.5 Å². The molecule has 0 saturated carbocycles. The van der Waals surface area contributed by atoms with Gasteiger partial charge in [0.2, 0.25) is 5.91 Å². The quantitative estimate of drug-likeness (QED) is 0.351. The van der Waals surface area contributed by atoms with E-state index in [0.717, 1.165) is 59.9 Å². The molecule has 0 unspecified atom stereocenters. The normalized spacial score (nSPS) is 14.4. The highest BCUT2D eigenvalue weighted by Gasteiger charge is 2.26. The zero-order valence-corrected chi connectivity index (χ0v) is 22.2. The van der Waals surface area contributed by atoms with Gasteiger partial charge in [0.15, 0.2) is 5.65 Å². The van der Waals surface area contributed by atoms with Crippen molar-refractivity contribution < 1.29 is 4.79 Å². The third-order valence-corrected chi connectivity index (χ3v) is 7.61. The highest BCUT2D eigenvalue weighted by atomic mass is 32.2. The Morgan fingerprint density at radius 3 is 2.36 bits per heavy atom. The van der Waals surface area contributed by atoms with E-state index in [1.54, 1.807) is 11.8 Å². The smallest absolute Gasteiger partial charge is 0.223 e. The molecule has 0 spiro atoms. The van der Waals surface area contributed by atoms with Crippen LogP contribution >= 0.6 is 11.8 Å². The van der Waals surface area contributed by atoms with Crippen molar-refractivity contribution >= 4 is 29.1 Å². The summed E-state index contributed by atoms with van der Waals surface area (Å²) in [5, 5.41) is 8.08. The van der Waals surface area contributed by atoms with Crippen LogP contribution in [0.25, 0.3) is 16.9 Å². The lowest BCUT2D eigenvalue weighted by molar-refractivity contribution is -0.125. The zero-order chi connectivity index (χ0) is 25.2. The van der Waals surface area contributed by atoms with Crippen molar-refractivity contribution in [1.29, 1.82) is 0 Å². The largest absolute Gasteiger partial charge is 0.356 e. The molecule has 1 fully saturated rings. The monoisotopic (exact) mass is 499 g/mol. The highest BCUT2D eigenvalue weighted by Crippen LogP contribution is 2.28. The maximum atomic E-state index is 12.9. The number of carbonyl (C=O) groups excluding carboxylic acids is 1. The minimum absolute atomic E-state index is 0.0357. The van der Waals surface area contributed by atoms with Crippen LogP contribution in [-0.4, -0.2) is 39.9 Å². The highest BCUT2D eigenvalue weighted by molar-refractivity contribution is 7.98. The van der Waals surface area contributed by atoms with E-state index in [-0.39, 0.29) is 11.8 Å². The fourth-order valence-corrected chi connectivity index (χ4v) is 5.43. The van der Waals surface area contributed by atoms with Crippen molar-refractivity contribution in [1.82, 2.24) is 19.9 Å². The molecule has 1 N–H and O–H groups in total. The lowest BCUT2D eigenvalue weighted by Gasteiger charge is -2.33. The summed E-state index contributed by atoms with van der Waals surface area (Å²) in [5.41, 5.74) is 7.45. The predicted octanol–water partition coefficient (Wildman–Crippen LogP) is 5.58.